The van der Waals surface area contributed by atoms with Gasteiger partial charge in [0.2, 0.25) is 17.7 Å². The number of nitrogens with zero attached hydrogens (tertiary/aromatic N) is 21. The standard InChI is InChI=1S/C34H35ClFN7O3.2C33H34F2N8O2/c1-8-26(45)41-14-20(6)42(15-19(41)5)32-21-13-22(35)29(28-23(36)10-9-11-25(28)44)38-33(21)43(34(46)39-32)31-18(4)12-24-30(27(31)17(2)3)37-16-40(24)7;2*1-7-25(44)41-11-12-42(19(5)15-41)31-20-14-22(35)28(27-21(34)9-8-10-23(27)36)38-32(20)43(33(45)39-31)30-18(4)13-24-29(26(30)17(2)3)37-16-40(24)6/h8-13,16-17,19-20,44H,1,14-15H2,2-7H3;2*7-10,13-14,16-17,19H,1,11-12,15,36H2,2-6H3/t19-,20+;2*19-/m100/s1. The Kier molecular flexibility index (Phi) is 25.4. The summed E-state index contributed by atoms with van der Waals surface area (Å²) in [6, 6.07) is 21.1. The van der Waals surface area contributed by atoms with Crippen molar-refractivity contribution in [2.75, 3.05) is 78.5 Å². The number of rotatable bonds is 15. The normalized spacial score (nSPS) is 15.9. The number of phenolic OH excluding ortho intramolecular Hbond substituents is 1. The maximum atomic E-state index is 16.1. The van der Waals surface area contributed by atoms with Crippen molar-refractivity contribution < 1.29 is 41.4 Å². The van der Waals surface area contributed by atoms with Gasteiger partial charge in [0.15, 0.2) is 28.6 Å². The van der Waals surface area contributed by atoms with Gasteiger partial charge >= 0.3 is 17.1 Å². The first-order valence-electron chi connectivity index (χ1n) is 44.6. The summed E-state index contributed by atoms with van der Waals surface area (Å²) in [5, 5.41) is 11.8. The number of aryl methyl sites for hydroxylation is 6. The highest BCUT2D eigenvalue weighted by atomic mass is 35.5. The molecule has 6 aromatic carbocycles. The van der Waals surface area contributed by atoms with Crippen LogP contribution in [0.3, 0.4) is 0 Å². The van der Waals surface area contributed by atoms with Crippen molar-refractivity contribution in [1.29, 1.82) is 0 Å². The average molecular weight is 1870 g/mol. The van der Waals surface area contributed by atoms with Crippen LogP contribution in [0.4, 0.5) is 50.8 Å². The minimum absolute atomic E-state index is 0.00881. The van der Waals surface area contributed by atoms with Gasteiger partial charge in [-0.3, -0.25) is 14.4 Å². The summed E-state index contributed by atoms with van der Waals surface area (Å²) in [6.45, 7) is 39.1. The Labute approximate surface area is 783 Å². The fourth-order valence-corrected chi connectivity index (χ4v) is 19.5. The number of amides is 3. The molecular formula is C100H103ClF5N23O7. The van der Waals surface area contributed by atoms with Gasteiger partial charge in [0, 0.05) is 126 Å². The Morgan fingerprint density at radius 3 is 1.12 bits per heavy atom. The Hall–Kier alpha value is -15.0. The van der Waals surface area contributed by atoms with Gasteiger partial charge in [0.1, 0.15) is 52.0 Å². The number of pyridine rings is 3. The molecule has 0 radical (unpaired) electrons. The lowest BCUT2D eigenvalue weighted by atomic mass is 9.95. The van der Waals surface area contributed by atoms with E-state index >= 15 is 22.0 Å². The van der Waals surface area contributed by atoms with Gasteiger partial charge in [-0.25, -0.2) is 79.9 Å². The van der Waals surface area contributed by atoms with E-state index in [1.54, 1.807) is 39.7 Å². The number of carbonyl (C=O) groups excluding carboxylic acids is 3. The molecule has 702 valence electrons. The Morgan fingerprint density at radius 1 is 0.434 bits per heavy atom. The van der Waals surface area contributed by atoms with Crippen LogP contribution in [0, 0.1) is 49.9 Å². The number of anilines is 5. The SMILES string of the molecule is C=CC(=O)N1CCN(c2nc(=O)n(-c3c(C)cc4c(ncn4C)c3C(C)C)c3nc(-c4c(N)cccc4F)c(F)cc23)[C@@H](C)C1.C=CC(=O)N1CCN(c2nc(=O)n(-c3c(C)cc4c(ncn4C)c3C(C)C)c3nc(-c4c(N)cccc4F)c(F)cc23)[C@@H](C)C1.C=CC(=O)N1C[C@H](C)N(c2nc(=O)n(-c3c(C)cc4c(ncn4C)c3C(C)C)c3nc(-c4c(O)cccc4F)c(Cl)cc23)C[C@H]1C. The van der Waals surface area contributed by atoms with E-state index < -0.39 is 46.2 Å². The zero-order valence-electron chi connectivity index (χ0n) is 78.2. The lowest BCUT2D eigenvalue weighted by Crippen LogP contribution is -2.58. The fraction of sp³-hybridized carbons (Fsp3) is 0.310. The number of nitrogen functional groups attached to an aromatic ring is 2. The molecule has 18 rings (SSSR count). The second-order valence-electron chi connectivity index (χ2n) is 35.9. The number of phenols is 1. The number of aromatic nitrogens is 15. The summed E-state index contributed by atoms with van der Waals surface area (Å²) in [4.78, 5) is 133. The summed E-state index contributed by atoms with van der Waals surface area (Å²) >= 11 is 6.82. The molecule has 36 heteroatoms. The first kappa shape index (κ1) is 94.2. The number of aromatic hydroxyl groups is 1. The van der Waals surface area contributed by atoms with E-state index in [1.807, 2.05) is 158 Å². The highest BCUT2D eigenvalue weighted by Gasteiger charge is 2.39. The topological polar surface area (TPSA) is 340 Å². The summed E-state index contributed by atoms with van der Waals surface area (Å²) < 4.78 is 87.6. The smallest absolute Gasteiger partial charge is 0.355 e. The van der Waals surface area contributed by atoms with Crippen LogP contribution in [0.5, 0.6) is 5.75 Å². The molecular weight excluding hydrogens is 1770 g/mol. The first-order chi connectivity index (χ1) is 64.7. The minimum atomic E-state index is -0.818. The zero-order valence-corrected chi connectivity index (χ0v) is 78.9. The van der Waals surface area contributed by atoms with Crippen LogP contribution in [0.2, 0.25) is 5.02 Å². The van der Waals surface area contributed by atoms with Gasteiger partial charge in [-0.15, -0.1) is 0 Å². The fourth-order valence-electron chi connectivity index (χ4n) is 19.3. The quantitative estimate of drug-likeness (QED) is 0.0487. The molecule has 3 aliphatic heterocycles. The third kappa shape index (κ3) is 16.4. The number of piperazine rings is 3. The molecule has 0 aliphatic carbocycles. The van der Waals surface area contributed by atoms with E-state index in [-0.39, 0.29) is 155 Å². The summed E-state index contributed by atoms with van der Waals surface area (Å²) in [6.07, 6.45) is 8.99. The maximum Gasteiger partial charge on any atom is 0.355 e. The van der Waals surface area contributed by atoms with Gasteiger partial charge in [0.25, 0.3) is 0 Å². The zero-order chi connectivity index (χ0) is 97.8. The van der Waals surface area contributed by atoms with E-state index in [4.69, 9.17) is 28.1 Å². The van der Waals surface area contributed by atoms with Crippen LogP contribution < -0.4 is 43.2 Å². The van der Waals surface area contributed by atoms with Gasteiger partial charge in [-0.05, 0) is 174 Å². The predicted octanol–water partition coefficient (Wildman–Crippen LogP) is 15.6. The lowest BCUT2D eigenvalue weighted by molar-refractivity contribution is -0.129. The van der Waals surface area contributed by atoms with E-state index in [2.05, 4.69) is 59.6 Å². The Balaban J connectivity index is 0.000000148. The molecule has 0 bridgehead atoms. The van der Waals surface area contributed by atoms with Crippen LogP contribution in [0.15, 0.2) is 162 Å². The summed E-state index contributed by atoms with van der Waals surface area (Å²) in [5.41, 5.74) is 20.8. The van der Waals surface area contributed by atoms with Crippen molar-refractivity contribution in [3.8, 4) is 56.6 Å². The molecule has 3 fully saturated rings. The van der Waals surface area contributed by atoms with E-state index in [0.717, 1.165) is 66.5 Å². The minimum Gasteiger partial charge on any atom is -0.507 e. The molecule has 4 atom stereocenters. The van der Waals surface area contributed by atoms with Crippen LogP contribution in [0.25, 0.3) is 117 Å². The third-order valence-corrected chi connectivity index (χ3v) is 26.0. The van der Waals surface area contributed by atoms with E-state index in [0.29, 0.717) is 80.6 Å². The molecule has 3 amide bonds. The number of imidazole rings is 3. The highest BCUT2D eigenvalue weighted by molar-refractivity contribution is 6.34. The van der Waals surface area contributed by atoms with Crippen molar-refractivity contribution in [3.05, 3.63) is 247 Å². The third-order valence-electron chi connectivity index (χ3n) is 25.7. The lowest BCUT2D eigenvalue weighted by Gasteiger charge is -2.44. The molecule has 30 nitrogen and oxygen atoms in total. The van der Waals surface area contributed by atoms with Gasteiger partial charge < -0.3 is 59.7 Å². The van der Waals surface area contributed by atoms with E-state index in [1.165, 1.54) is 98.7 Å². The highest BCUT2D eigenvalue weighted by Crippen LogP contribution is 2.45. The van der Waals surface area contributed by atoms with Crippen molar-refractivity contribution in [2.45, 2.75) is 132 Å². The number of fused-ring (bicyclic) bond motifs is 6. The van der Waals surface area contributed by atoms with Crippen LogP contribution >= 0.6 is 11.6 Å². The molecule has 3 aliphatic rings. The molecule has 12 heterocycles. The number of hydrogen-bond acceptors (Lipinski definition) is 21. The molecule has 0 unspecified atom stereocenters. The molecule has 3 saturated heterocycles. The second kappa shape index (κ2) is 36.7. The summed E-state index contributed by atoms with van der Waals surface area (Å²) in [5.74, 6) is -4.12. The maximum absolute atomic E-state index is 16.1. The summed E-state index contributed by atoms with van der Waals surface area (Å²) in [7, 11) is 5.71. The van der Waals surface area contributed by atoms with Crippen molar-refractivity contribution in [2.24, 2.45) is 21.1 Å². The molecule has 5 N–H and O–H groups in total. The van der Waals surface area contributed by atoms with Crippen molar-refractivity contribution in [1.82, 2.24) is 87.0 Å². The largest absolute Gasteiger partial charge is 0.507 e. The second-order valence-corrected chi connectivity index (χ2v) is 36.3. The number of benzene rings is 6. The molecule has 136 heavy (non-hydrogen) atoms. The Morgan fingerprint density at radius 2 is 0.772 bits per heavy atom. The van der Waals surface area contributed by atoms with Crippen molar-refractivity contribution >= 4 is 124 Å². The average Bonchev–Trinajstić information content (AvgIpc) is 1.05. The first-order valence-corrected chi connectivity index (χ1v) is 44.9. The van der Waals surface area contributed by atoms with Gasteiger partial charge in [0.05, 0.1) is 113 Å². The van der Waals surface area contributed by atoms with Crippen molar-refractivity contribution in [3.63, 3.8) is 0 Å². The van der Waals surface area contributed by atoms with Crippen LogP contribution in [-0.4, -0.2) is 186 Å². The van der Waals surface area contributed by atoms with Gasteiger partial charge in [-0.2, -0.15) is 15.0 Å². The number of halogens is 6. The van der Waals surface area contributed by atoms with Crippen LogP contribution in [-0.2, 0) is 35.5 Å². The molecule has 0 spiro atoms. The molecule has 0 saturated carbocycles. The Bertz CT molecular complexity index is 7350. The monoisotopic (exact) mass is 1870 g/mol. The van der Waals surface area contributed by atoms with E-state index in [9.17, 15) is 33.9 Å². The molecule has 9 aromatic heterocycles. The predicted molar refractivity (Wildman–Crippen MR) is 522 cm³/mol. The number of carbonyl (C=O) groups is 3. The van der Waals surface area contributed by atoms with Crippen LogP contribution in [0.1, 0.15) is 120 Å². The van der Waals surface area contributed by atoms with Gasteiger partial charge in [-0.1, -0.05) is 91.1 Å². The molecule has 15 aromatic rings. The number of nitrogens with two attached hydrogens (primary N) is 2. The number of hydrogen-bond donors (Lipinski definition) is 3.